The first-order valence-electron chi connectivity index (χ1n) is 13.5. The molecule has 11 heteroatoms. The Hall–Kier alpha value is -4.11. The van der Waals surface area contributed by atoms with Crippen LogP contribution in [0.4, 0.5) is 4.39 Å². The Morgan fingerprint density at radius 3 is 2.52 bits per heavy atom. The summed E-state index contributed by atoms with van der Waals surface area (Å²) in [5.41, 5.74) is 3.36. The van der Waals surface area contributed by atoms with Gasteiger partial charge >= 0.3 is 5.97 Å². The Morgan fingerprint density at radius 2 is 1.90 bits per heavy atom. The second-order valence-corrected chi connectivity index (χ2v) is 13.0. The molecule has 4 aromatic rings. The molecule has 0 bridgehead atoms. The van der Waals surface area contributed by atoms with E-state index in [4.69, 9.17) is 5.14 Å². The van der Waals surface area contributed by atoms with Crippen LogP contribution in [-0.2, 0) is 16.6 Å². The zero-order valence-electron chi connectivity index (χ0n) is 22.3. The maximum Gasteiger partial charge on any atom is 0.355 e. The average Bonchev–Trinajstić information content (AvgIpc) is 3.52. The molecule has 2 heterocycles. The molecule has 42 heavy (non-hydrogen) atoms. The zero-order chi connectivity index (χ0) is 29.6. The van der Waals surface area contributed by atoms with Crippen molar-refractivity contribution >= 4 is 33.1 Å². The fraction of sp³-hybridized carbons (Fsp3) is 0.258. The third kappa shape index (κ3) is 5.66. The van der Waals surface area contributed by atoms with E-state index >= 15 is 0 Å². The molecule has 2 aliphatic rings. The minimum absolute atomic E-state index is 0.0418. The molecular weight excluding hydrogens is 577 g/mol. The van der Waals surface area contributed by atoms with Gasteiger partial charge in [-0.3, -0.25) is 4.79 Å². The van der Waals surface area contributed by atoms with Gasteiger partial charge in [-0.1, -0.05) is 36.5 Å². The Kier molecular flexibility index (Phi) is 7.30. The number of aromatic nitrogens is 2. The summed E-state index contributed by atoms with van der Waals surface area (Å²) in [7, 11) is -4.25. The number of thiazole rings is 1. The highest BCUT2D eigenvalue weighted by Gasteiger charge is 2.36. The largest absolute Gasteiger partial charge is 0.476 e. The molecule has 2 fully saturated rings. The number of primary sulfonamides is 1. The van der Waals surface area contributed by atoms with Gasteiger partial charge in [0.15, 0.2) is 11.5 Å². The molecule has 2 saturated carbocycles. The van der Waals surface area contributed by atoms with Gasteiger partial charge in [-0.15, -0.1) is 11.3 Å². The van der Waals surface area contributed by atoms with Gasteiger partial charge in [-0.2, -0.15) is 0 Å². The zero-order valence-corrected chi connectivity index (χ0v) is 24.0. The number of sulfonamides is 1. The van der Waals surface area contributed by atoms with E-state index in [-0.39, 0.29) is 23.9 Å². The molecule has 0 spiro atoms. The van der Waals surface area contributed by atoms with Gasteiger partial charge in [0, 0.05) is 40.6 Å². The molecule has 2 aliphatic carbocycles. The van der Waals surface area contributed by atoms with E-state index in [1.54, 1.807) is 4.57 Å². The van der Waals surface area contributed by atoms with Crippen molar-refractivity contribution in [2.45, 2.75) is 43.5 Å². The van der Waals surface area contributed by atoms with Gasteiger partial charge in [0.25, 0.3) is 0 Å². The van der Waals surface area contributed by atoms with Gasteiger partial charge < -0.3 is 9.67 Å². The molecule has 0 amide bonds. The molecule has 6 rings (SSSR count). The van der Waals surface area contributed by atoms with Crippen LogP contribution >= 0.6 is 11.3 Å². The molecule has 0 saturated heterocycles. The van der Waals surface area contributed by atoms with Gasteiger partial charge in [0.2, 0.25) is 10.0 Å². The van der Waals surface area contributed by atoms with Crippen LogP contribution in [0.3, 0.4) is 0 Å². The van der Waals surface area contributed by atoms with E-state index < -0.39 is 26.7 Å². The molecule has 2 aromatic carbocycles. The topological polar surface area (TPSA) is 132 Å². The maximum absolute atomic E-state index is 14.8. The predicted molar refractivity (Wildman–Crippen MR) is 156 cm³/mol. The second kappa shape index (κ2) is 10.9. The fourth-order valence-electron chi connectivity index (χ4n) is 4.97. The van der Waals surface area contributed by atoms with Crippen molar-refractivity contribution in [1.82, 2.24) is 9.55 Å². The molecule has 0 radical (unpaired) electrons. The van der Waals surface area contributed by atoms with Crippen LogP contribution in [0, 0.1) is 29.5 Å². The van der Waals surface area contributed by atoms with E-state index in [9.17, 15) is 27.5 Å². The van der Waals surface area contributed by atoms with Gasteiger partial charge in [-0.25, -0.2) is 27.7 Å². The number of carboxylic acid groups (broad SMARTS) is 1. The minimum atomic E-state index is -4.25. The van der Waals surface area contributed by atoms with E-state index in [1.165, 1.54) is 17.9 Å². The third-order valence-electron chi connectivity index (χ3n) is 7.56. The lowest BCUT2D eigenvalue weighted by Gasteiger charge is -2.18. The van der Waals surface area contributed by atoms with Crippen molar-refractivity contribution in [2.24, 2.45) is 17.0 Å². The quantitative estimate of drug-likeness (QED) is 0.200. The summed E-state index contributed by atoms with van der Waals surface area (Å²) in [6.45, 7) is 0.0418. The lowest BCUT2D eigenvalue weighted by molar-refractivity contribution is 0.0691. The molecule has 214 valence electrons. The van der Waals surface area contributed by atoms with Gasteiger partial charge in [-0.05, 0) is 67.1 Å². The van der Waals surface area contributed by atoms with Crippen LogP contribution in [0.5, 0.6) is 0 Å². The summed E-state index contributed by atoms with van der Waals surface area (Å²) in [5, 5.41) is 16.4. The lowest BCUT2D eigenvalue weighted by atomic mass is 9.86. The number of carboxylic acids is 1. The highest BCUT2D eigenvalue weighted by Crippen LogP contribution is 2.41. The number of benzene rings is 2. The van der Waals surface area contributed by atoms with Crippen molar-refractivity contribution in [3.63, 3.8) is 0 Å². The number of nitrogens with two attached hydrogens (primary N) is 1. The summed E-state index contributed by atoms with van der Waals surface area (Å²) < 4.78 is 40.2. The van der Waals surface area contributed by atoms with E-state index in [1.807, 2.05) is 30.3 Å². The van der Waals surface area contributed by atoms with Crippen LogP contribution < -0.4 is 5.14 Å². The van der Waals surface area contributed by atoms with Crippen molar-refractivity contribution in [2.75, 3.05) is 0 Å². The maximum atomic E-state index is 14.8. The van der Waals surface area contributed by atoms with E-state index in [2.05, 4.69) is 16.8 Å². The van der Waals surface area contributed by atoms with Crippen LogP contribution in [0.15, 0.2) is 58.8 Å². The van der Waals surface area contributed by atoms with Crippen LogP contribution in [-0.4, -0.2) is 34.8 Å². The first-order valence-corrected chi connectivity index (χ1v) is 15.9. The Labute approximate surface area is 246 Å². The highest BCUT2D eigenvalue weighted by atomic mass is 32.2. The number of Topliss-reactive ketones (excluding diaryl/α,β-unsaturated/α-hetero) is 1. The van der Waals surface area contributed by atoms with Crippen molar-refractivity contribution in [3.05, 3.63) is 82.2 Å². The van der Waals surface area contributed by atoms with Crippen LogP contribution in [0.25, 0.3) is 21.8 Å². The average molecular weight is 604 g/mol. The number of halogens is 1. The minimum Gasteiger partial charge on any atom is -0.476 e. The van der Waals surface area contributed by atoms with Crippen LogP contribution in [0.2, 0.25) is 0 Å². The summed E-state index contributed by atoms with van der Waals surface area (Å²) in [5.74, 6) is 4.53. The second-order valence-electron chi connectivity index (χ2n) is 10.6. The highest BCUT2D eigenvalue weighted by molar-refractivity contribution is 7.89. The number of aromatic carboxylic acids is 1. The fourth-order valence-corrected chi connectivity index (χ4v) is 6.36. The summed E-state index contributed by atoms with van der Waals surface area (Å²) >= 11 is 1.13. The number of ketones is 1. The Balaban J connectivity index is 1.52. The first-order chi connectivity index (χ1) is 20.1. The first kappa shape index (κ1) is 28.0. The summed E-state index contributed by atoms with van der Waals surface area (Å²) in [6, 6.07) is 13.1. The van der Waals surface area contributed by atoms with Crippen LogP contribution in [0.1, 0.15) is 64.2 Å². The Bertz CT molecular complexity index is 1910. The smallest absolute Gasteiger partial charge is 0.355 e. The standard InChI is InChI=1S/C31H26FN3O5S2/c32-24-14-20(9-12-27(24)42(33,39)40)16-35-26(22-6-2-5-19(13-22)8-7-18-3-1-4-18)15-23(28(35)29(36)21-10-11-21)30-34-25(17-41-30)31(37)38/h2,5-6,9,12-15,17-18,21H,1,3-4,10-11,16H2,(H,37,38)(H2,33,39,40). The normalized spacial score (nSPS) is 15.1. The molecule has 3 N–H and O–H groups in total. The SMILES string of the molecule is NS(=O)(=O)c1ccc(Cn2c(-c3cccc(C#CC4CCC4)c3)cc(-c3nc(C(=O)O)cs3)c2C(=O)C2CC2)cc1F. The monoisotopic (exact) mass is 603 g/mol. The molecule has 0 atom stereocenters. The summed E-state index contributed by atoms with van der Waals surface area (Å²) in [6.07, 6.45) is 4.85. The molecule has 0 aliphatic heterocycles. The van der Waals surface area contributed by atoms with E-state index in [0.717, 1.165) is 60.3 Å². The van der Waals surface area contributed by atoms with Crippen molar-refractivity contribution in [1.29, 1.82) is 0 Å². The number of hydrogen-bond acceptors (Lipinski definition) is 6. The number of rotatable bonds is 8. The molecule has 0 unspecified atom stereocenters. The van der Waals surface area contributed by atoms with Gasteiger partial charge in [0.05, 0.1) is 5.69 Å². The molecular formula is C31H26FN3O5S2. The van der Waals surface area contributed by atoms with Crippen molar-refractivity contribution < 1.29 is 27.5 Å². The number of nitrogens with zero attached hydrogens (tertiary/aromatic N) is 2. The molecule has 8 nitrogen and oxygen atoms in total. The summed E-state index contributed by atoms with van der Waals surface area (Å²) in [4.78, 5) is 29.0. The third-order valence-corrected chi connectivity index (χ3v) is 9.38. The number of hydrogen-bond donors (Lipinski definition) is 2. The van der Waals surface area contributed by atoms with Crippen molar-refractivity contribution in [3.8, 4) is 33.7 Å². The predicted octanol–water partition coefficient (Wildman–Crippen LogP) is 5.56. The van der Waals surface area contributed by atoms with E-state index in [0.29, 0.717) is 33.4 Å². The number of carbonyl (C=O) groups excluding carboxylic acids is 1. The molecule has 2 aromatic heterocycles. The van der Waals surface area contributed by atoms with Gasteiger partial charge in [0.1, 0.15) is 15.7 Å². The lowest BCUT2D eigenvalue weighted by Crippen LogP contribution is -2.16. The Morgan fingerprint density at radius 1 is 1.12 bits per heavy atom. The number of carbonyl (C=O) groups is 2.